The van der Waals surface area contributed by atoms with Crippen molar-refractivity contribution < 1.29 is 14.3 Å². The number of allylic oxidation sites excluding steroid dienone is 1. The predicted molar refractivity (Wildman–Crippen MR) is 120 cm³/mol. The molecular formula is C23H34N4O3. The number of nitrogens with one attached hydrogen (secondary N) is 3. The van der Waals surface area contributed by atoms with E-state index in [0.29, 0.717) is 30.9 Å². The van der Waals surface area contributed by atoms with Crippen LogP contribution in [0.1, 0.15) is 56.8 Å². The number of benzene rings is 1. The van der Waals surface area contributed by atoms with Crippen LogP contribution in [0.5, 0.6) is 0 Å². The van der Waals surface area contributed by atoms with Crippen LogP contribution in [-0.2, 0) is 9.53 Å². The van der Waals surface area contributed by atoms with Crippen LogP contribution in [0.2, 0.25) is 0 Å². The van der Waals surface area contributed by atoms with Gasteiger partial charge in [-0.1, -0.05) is 13.8 Å². The Balaban J connectivity index is 1.93. The number of rotatable bonds is 7. The number of anilines is 2. The van der Waals surface area contributed by atoms with Gasteiger partial charge in [0.1, 0.15) is 0 Å². The highest BCUT2D eigenvalue weighted by molar-refractivity contribution is 6.00. The Morgan fingerprint density at radius 1 is 1.23 bits per heavy atom. The van der Waals surface area contributed by atoms with Gasteiger partial charge in [-0.3, -0.25) is 9.59 Å². The highest BCUT2D eigenvalue weighted by Gasteiger charge is 2.34. The fourth-order valence-corrected chi connectivity index (χ4v) is 4.29. The van der Waals surface area contributed by atoms with E-state index < -0.39 is 5.91 Å². The molecule has 1 unspecified atom stereocenters. The van der Waals surface area contributed by atoms with Crippen molar-refractivity contribution in [1.29, 1.82) is 0 Å². The zero-order valence-electron chi connectivity index (χ0n) is 18.4. The molecular weight excluding hydrogens is 380 g/mol. The molecule has 30 heavy (non-hydrogen) atoms. The van der Waals surface area contributed by atoms with Crippen molar-refractivity contribution in [3.05, 3.63) is 35.0 Å². The van der Waals surface area contributed by atoms with Crippen LogP contribution < -0.4 is 21.7 Å². The SMILES string of the molecule is CNC(C)C1=C(Nc2ccc(C(N)=O)c(NC3CCOCC3)c2)CC(C)(C)CC1=O. The van der Waals surface area contributed by atoms with Crippen molar-refractivity contribution in [3.8, 4) is 0 Å². The molecule has 1 atom stereocenters. The van der Waals surface area contributed by atoms with Gasteiger partial charge in [-0.05, 0) is 56.8 Å². The molecule has 164 valence electrons. The van der Waals surface area contributed by atoms with Crippen LogP contribution in [0.4, 0.5) is 11.4 Å². The summed E-state index contributed by atoms with van der Waals surface area (Å²) in [5.41, 5.74) is 9.23. The molecule has 1 fully saturated rings. The van der Waals surface area contributed by atoms with Gasteiger partial charge in [-0.15, -0.1) is 0 Å². The predicted octanol–water partition coefficient (Wildman–Crippen LogP) is 3.04. The Morgan fingerprint density at radius 2 is 1.93 bits per heavy atom. The Morgan fingerprint density at radius 3 is 2.57 bits per heavy atom. The molecule has 7 heteroatoms. The highest BCUT2D eigenvalue weighted by atomic mass is 16.5. The molecule has 5 N–H and O–H groups in total. The zero-order chi connectivity index (χ0) is 21.9. The van der Waals surface area contributed by atoms with Crippen molar-refractivity contribution in [2.24, 2.45) is 11.1 Å². The quantitative estimate of drug-likeness (QED) is 0.547. The second-order valence-electron chi connectivity index (χ2n) is 9.12. The summed E-state index contributed by atoms with van der Waals surface area (Å²) >= 11 is 0. The number of carbonyl (C=O) groups is 2. The van der Waals surface area contributed by atoms with Crippen molar-refractivity contribution in [2.75, 3.05) is 30.9 Å². The maximum Gasteiger partial charge on any atom is 0.250 e. The van der Waals surface area contributed by atoms with Gasteiger partial charge < -0.3 is 26.4 Å². The molecule has 1 aromatic rings. The van der Waals surface area contributed by atoms with E-state index >= 15 is 0 Å². The van der Waals surface area contributed by atoms with E-state index in [1.165, 1.54) is 0 Å². The van der Waals surface area contributed by atoms with Crippen LogP contribution >= 0.6 is 0 Å². The fourth-order valence-electron chi connectivity index (χ4n) is 4.29. The Labute approximate surface area is 178 Å². The Kier molecular flexibility index (Phi) is 6.83. The smallest absolute Gasteiger partial charge is 0.250 e. The van der Waals surface area contributed by atoms with E-state index in [9.17, 15) is 9.59 Å². The Bertz CT molecular complexity index is 841. The molecule has 1 saturated heterocycles. The minimum atomic E-state index is -0.464. The van der Waals surface area contributed by atoms with E-state index in [1.807, 2.05) is 26.1 Å². The number of likely N-dealkylation sites (N-methyl/N-ethyl adjacent to an activating group) is 1. The molecule has 0 spiro atoms. The lowest BCUT2D eigenvalue weighted by Gasteiger charge is -2.34. The van der Waals surface area contributed by atoms with Gasteiger partial charge in [0.15, 0.2) is 5.78 Å². The minimum Gasteiger partial charge on any atom is -0.381 e. The standard InChI is InChI=1S/C23H34N4O3/c1-14(25-4)21-19(12-23(2,3)13-20(21)28)27-16-5-6-17(22(24)29)18(11-16)26-15-7-9-30-10-8-15/h5-6,11,14-15,25-27H,7-10,12-13H2,1-4H3,(H2,24,29). The third-order valence-electron chi connectivity index (χ3n) is 5.95. The highest BCUT2D eigenvalue weighted by Crippen LogP contribution is 2.38. The van der Waals surface area contributed by atoms with Gasteiger partial charge in [-0.2, -0.15) is 0 Å². The molecule has 1 amide bonds. The van der Waals surface area contributed by atoms with E-state index in [2.05, 4.69) is 29.8 Å². The van der Waals surface area contributed by atoms with Gasteiger partial charge in [0.05, 0.1) is 5.56 Å². The summed E-state index contributed by atoms with van der Waals surface area (Å²) < 4.78 is 5.43. The van der Waals surface area contributed by atoms with E-state index in [4.69, 9.17) is 10.5 Å². The number of ether oxygens (including phenoxy) is 1. The molecule has 0 aromatic heterocycles. The van der Waals surface area contributed by atoms with Crippen molar-refractivity contribution in [2.45, 2.75) is 58.5 Å². The molecule has 7 nitrogen and oxygen atoms in total. The van der Waals surface area contributed by atoms with Gasteiger partial charge in [0.2, 0.25) is 0 Å². The molecule has 1 aliphatic carbocycles. The molecule has 1 aliphatic heterocycles. The number of amides is 1. The summed E-state index contributed by atoms with van der Waals surface area (Å²) in [6, 6.07) is 5.69. The number of ketones is 1. The van der Waals surface area contributed by atoms with Gasteiger partial charge in [-0.25, -0.2) is 0 Å². The maximum absolute atomic E-state index is 12.9. The molecule has 0 radical (unpaired) electrons. The first-order chi connectivity index (χ1) is 14.2. The third-order valence-corrected chi connectivity index (χ3v) is 5.95. The maximum atomic E-state index is 12.9. The molecule has 2 aliphatic rings. The fraction of sp³-hybridized carbons (Fsp3) is 0.565. The number of carbonyl (C=O) groups excluding carboxylic acids is 2. The van der Waals surface area contributed by atoms with Crippen LogP contribution in [0.15, 0.2) is 29.5 Å². The van der Waals surface area contributed by atoms with E-state index in [1.54, 1.807) is 6.07 Å². The first-order valence-electron chi connectivity index (χ1n) is 10.7. The van der Waals surface area contributed by atoms with Crippen molar-refractivity contribution >= 4 is 23.1 Å². The number of Topliss-reactive ketones (excluding diaryl/α,β-unsaturated/α-hetero) is 1. The lowest BCUT2D eigenvalue weighted by atomic mass is 9.74. The first-order valence-corrected chi connectivity index (χ1v) is 10.7. The van der Waals surface area contributed by atoms with Gasteiger partial charge >= 0.3 is 0 Å². The lowest BCUT2D eigenvalue weighted by molar-refractivity contribution is -0.118. The lowest BCUT2D eigenvalue weighted by Crippen LogP contribution is -2.37. The Hall–Kier alpha value is -2.38. The summed E-state index contributed by atoms with van der Waals surface area (Å²) in [5, 5.41) is 10.1. The summed E-state index contributed by atoms with van der Waals surface area (Å²) in [4.78, 5) is 24.8. The minimum absolute atomic E-state index is 0.0409. The summed E-state index contributed by atoms with van der Waals surface area (Å²) in [7, 11) is 1.86. The normalized spacial score (nSPS) is 20.7. The molecule has 1 heterocycles. The second-order valence-corrected chi connectivity index (χ2v) is 9.12. The number of hydrogen-bond donors (Lipinski definition) is 4. The molecule has 1 aromatic carbocycles. The average molecular weight is 415 g/mol. The second kappa shape index (κ2) is 9.18. The van der Waals surface area contributed by atoms with Gasteiger partial charge in [0, 0.05) is 54.4 Å². The van der Waals surface area contributed by atoms with Crippen molar-refractivity contribution in [3.63, 3.8) is 0 Å². The topological polar surface area (TPSA) is 105 Å². The third kappa shape index (κ3) is 5.21. The molecule has 0 bridgehead atoms. The van der Waals surface area contributed by atoms with Crippen LogP contribution in [0.3, 0.4) is 0 Å². The summed E-state index contributed by atoms with van der Waals surface area (Å²) in [5.74, 6) is -0.293. The monoisotopic (exact) mass is 414 g/mol. The van der Waals surface area contributed by atoms with Crippen molar-refractivity contribution in [1.82, 2.24) is 5.32 Å². The number of hydrogen-bond acceptors (Lipinski definition) is 6. The number of nitrogens with two attached hydrogens (primary N) is 1. The molecule has 0 saturated carbocycles. The summed E-state index contributed by atoms with van der Waals surface area (Å²) in [6.45, 7) is 7.64. The van der Waals surface area contributed by atoms with Crippen LogP contribution in [0.25, 0.3) is 0 Å². The van der Waals surface area contributed by atoms with Crippen LogP contribution in [0, 0.1) is 5.41 Å². The van der Waals surface area contributed by atoms with Crippen LogP contribution in [-0.4, -0.2) is 44.0 Å². The first kappa shape index (κ1) is 22.3. The van der Waals surface area contributed by atoms with E-state index in [-0.39, 0.29) is 23.3 Å². The summed E-state index contributed by atoms with van der Waals surface area (Å²) in [6.07, 6.45) is 3.08. The zero-order valence-corrected chi connectivity index (χ0v) is 18.4. The average Bonchev–Trinajstić information content (AvgIpc) is 2.67. The van der Waals surface area contributed by atoms with E-state index in [0.717, 1.165) is 36.2 Å². The van der Waals surface area contributed by atoms with Gasteiger partial charge in [0.25, 0.3) is 5.91 Å². The largest absolute Gasteiger partial charge is 0.381 e. The molecule has 3 rings (SSSR count). The number of primary amides is 1.